The van der Waals surface area contributed by atoms with Crippen LogP contribution in [0.25, 0.3) is 11.0 Å². The summed E-state index contributed by atoms with van der Waals surface area (Å²) in [5, 5.41) is 12.2. The van der Waals surface area contributed by atoms with E-state index in [2.05, 4.69) is 5.32 Å². The summed E-state index contributed by atoms with van der Waals surface area (Å²) in [4.78, 5) is 23.7. The van der Waals surface area contributed by atoms with Crippen LogP contribution < -0.4 is 15.8 Å². The molecular weight excluding hydrogens is 312 g/mol. The summed E-state index contributed by atoms with van der Waals surface area (Å²) in [5.41, 5.74) is 6.00. The summed E-state index contributed by atoms with van der Waals surface area (Å²) in [7, 11) is 0. The zero-order valence-electron chi connectivity index (χ0n) is 13.4. The molecule has 0 unspecified atom stereocenters. The average Bonchev–Trinajstić information content (AvgIpc) is 3.31. The molecule has 0 spiro atoms. The molecule has 7 nitrogen and oxygen atoms in total. The average molecular weight is 332 g/mol. The molecule has 0 aliphatic heterocycles. The Balaban J connectivity index is 1.87. The van der Waals surface area contributed by atoms with Crippen LogP contribution in [0.15, 0.2) is 22.6 Å². The van der Waals surface area contributed by atoms with Crippen LogP contribution in [0, 0.1) is 12.8 Å². The predicted octanol–water partition coefficient (Wildman–Crippen LogP) is 1.11. The van der Waals surface area contributed by atoms with E-state index in [0.29, 0.717) is 40.6 Å². The molecule has 4 N–H and O–H groups in total. The van der Waals surface area contributed by atoms with Crippen LogP contribution in [-0.4, -0.2) is 36.2 Å². The first-order valence-corrected chi connectivity index (χ1v) is 7.86. The van der Waals surface area contributed by atoms with Gasteiger partial charge in [0, 0.05) is 5.39 Å². The monoisotopic (exact) mass is 332 g/mol. The van der Waals surface area contributed by atoms with Crippen LogP contribution in [0.5, 0.6) is 5.75 Å². The first kappa shape index (κ1) is 16.3. The molecule has 128 valence electrons. The molecule has 1 aliphatic carbocycles. The van der Waals surface area contributed by atoms with E-state index in [0.717, 1.165) is 0 Å². The number of ether oxygens (including phenoxy) is 1. The number of hydrogen-bond acceptors (Lipinski definition) is 5. The molecule has 0 saturated heterocycles. The number of benzene rings is 1. The standard InChI is InChI=1S/C17H20N2O5/c1-9-15(17(22)19-13(7-20)16(18)21)12-6-11(4-5-14(12)24-9)23-8-10-2-3-10/h4-6,10,13,20H,2-3,7-8H2,1H3,(H2,18,21)(H,19,22)/t13-/m0/s1. The van der Waals surface area contributed by atoms with Gasteiger partial charge in [-0.1, -0.05) is 0 Å². The number of rotatable bonds is 7. The third kappa shape index (κ3) is 3.35. The van der Waals surface area contributed by atoms with Gasteiger partial charge < -0.3 is 25.3 Å². The minimum atomic E-state index is -1.14. The van der Waals surface area contributed by atoms with Gasteiger partial charge in [0.2, 0.25) is 5.91 Å². The zero-order chi connectivity index (χ0) is 17.3. The van der Waals surface area contributed by atoms with Gasteiger partial charge in [-0.2, -0.15) is 0 Å². The number of aliphatic hydroxyl groups excluding tert-OH is 1. The molecule has 1 atom stereocenters. The highest BCUT2D eigenvalue weighted by Crippen LogP contribution is 2.32. The van der Waals surface area contributed by atoms with Crippen molar-refractivity contribution in [1.82, 2.24) is 5.32 Å². The SMILES string of the molecule is Cc1oc2ccc(OCC3CC3)cc2c1C(=O)N[C@@H](CO)C(N)=O. The van der Waals surface area contributed by atoms with Crippen molar-refractivity contribution in [3.05, 3.63) is 29.5 Å². The Morgan fingerprint density at radius 1 is 1.46 bits per heavy atom. The van der Waals surface area contributed by atoms with Crippen LogP contribution in [0.3, 0.4) is 0 Å². The number of carbonyl (C=O) groups excluding carboxylic acids is 2. The zero-order valence-corrected chi connectivity index (χ0v) is 13.4. The summed E-state index contributed by atoms with van der Waals surface area (Å²) in [6, 6.07) is 4.16. The summed E-state index contributed by atoms with van der Waals surface area (Å²) in [5.74, 6) is 0.379. The fourth-order valence-electron chi connectivity index (χ4n) is 2.51. The third-order valence-electron chi connectivity index (χ3n) is 4.08. The minimum absolute atomic E-state index is 0.307. The van der Waals surface area contributed by atoms with Crippen molar-refractivity contribution < 1.29 is 23.8 Å². The van der Waals surface area contributed by atoms with Gasteiger partial charge in [-0.05, 0) is 43.9 Å². The van der Waals surface area contributed by atoms with Crippen molar-refractivity contribution in [3.8, 4) is 5.75 Å². The normalized spacial score (nSPS) is 15.2. The maximum absolute atomic E-state index is 12.5. The molecule has 1 aromatic carbocycles. The predicted molar refractivity (Wildman–Crippen MR) is 86.7 cm³/mol. The molecule has 24 heavy (non-hydrogen) atoms. The fraction of sp³-hybridized carbons (Fsp3) is 0.412. The molecule has 0 radical (unpaired) electrons. The number of nitrogens with two attached hydrogens (primary N) is 1. The molecule has 2 aromatic rings. The van der Waals surface area contributed by atoms with Gasteiger partial charge in [-0.15, -0.1) is 0 Å². The molecule has 2 amide bonds. The number of nitrogens with one attached hydrogen (secondary N) is 1. The van der Waals surface area contributed by atoms with E-state index in [1.807, 2.05) is 0 Å². The van der Waals surface area contributed by atoms with E-state index < -0.39 is 24.5 Å². The number of aliphatic hydroxyl groups is 1. The van der Waals surface area contributed by atoms with Gasteiger partial charge in [-0.3, -0.25) is 9.59 Å². The lowest BCUT2D eigenvalue weighted by Crippen LogP contribution is -2.46. The van der Waals surface area contributed by atoms with Crippen molar-refractivity contribution >= 4 is 22.8 Å². The molecule has 1 heterocycles. The largest absolute Gasteiger partial charge is 0.493 e. The fourth-order valence-corrected chi connectivity index (χ4v) is 2.51. The van der Waals surface area contributed by atoms with Gasteiger partial charge in [0.25, 0.3) is 5.91 Å². The van der Waals surface area contributed by atoms with Gasteiger partial charge in [0.1, 0.15) is 23.1 Å². The van der Waals surface area contributed by atoms with E-state index in [-0.39, 0.29) is 0 Å². The van der Waals surface area contributed by atoms with Crippen LogP contribution in [-0.2, 0) is 4.79 Å². The number of furan rings is 1. The number of carbonyl (C=O) groups is 2. The van der Waals surface area contributed by atoms with E-state index in [4.69, 9.17) is 20.0 Å². The number of amides is 2. The van der Waals surface area contributed by atoms with Crippen LogP contribution in [0.1, 0.15) is 29.0 Å². The topological polar surface area (TPSA) is 115 Å². The quantitative estimate of drug-likeness (QED) is 0.702. The molecule has 3 rings (SSSR count). The summed E-state index contributed by atoms with van der Waals surface area (Å²) < 4.78 is 11.3. The molecule has 7 heteroatoms. The number of primary amides is 1. The second-order valence-electron chi connectivity index (χ2n) is 6.06. The first-order chi connectivity index (χ1) is 11.5. The van der Waals surface area contributed by atoms with Crippen LogP contribution >= 0.6 is 0 Å². The molecule has 1 fully saturated rings. The van der Waals surface area contributed by atoms with Crippen molar-refractivity contribution in [2.45, 2.75) is 25.8 Å². The molecule has 1 aliphatic rings. The van der Waals surface area contributed by atoms with Gasteiger partial charge in [0.15, 0.2) is 0 Å². The van der Waals surface area contributed by atoms with Gasteiger partial charge in [-0.25, -0.2) is 0 Å². The van der Waals surface area contributed by atoms with E-state index in [1.165, 1.54) is 12.8 Å². The Bertz CT molecular complexity index is 779. The Labute approximate surface area is 138 Å². The van der Waals surface area contributed by atoms with E-state index in [1.54, 1.807) is 25.1 Å². The maximum atomic E-state index is 12.5. The highest BCUT2D eigenvalue weighted by molar-refractivity contribution is 6.08. The van der Waals surface area contributed by atoms with Gasteiger partial charge >= 0.3 is 0 Å². The highest BCUT2D eigenvalue weighted by Gasteiger charge is 2.24. The second kappa shape index (κ2) is 6.52. The lowest BCUT2D eigenvalue weighted by Gasteiger charge is -2.12. The van der Waals surface area contributed by atoms with Crippen molar-refractivity contribution in [3.63, 3.8) is 0 Å². The Kier molecular flexibility index (Phi) is 4.44. The second-order valence-corrected chi connectivity index (χ2v) is 6.06. The minimum Gasteiger partial charge on any atom is -0.493 e. The lowest BCUT2D eigenvalue weighted by atomic mass is 10.1. The molecule has 0 bridgehead atoms. The summed E-state index contributed by atoms with van der Waals surface area (Å²) in [6.07, 6.45) is 2.38. The smallest absolute Gasteiger partial charge is 0.256 e. The van der Waals surface area contributed by atoms with Crippen molar-refractivity contribution in [1.29, 1.82) is 0 Å². The number of aryl methyl sites for hydroxylation is 1. The molecule has 1 saturated carbocycles. The number of fused-ring (bicyclic) bond motifs is 1. The van der Waals surface area contributed by atoms with E-state index in [9.17, 15) is 9.59 Å². The maximum Gasteiger partial charge on any atom is 0.256 e. The van der Waals surface area contributed by atoms with Gasteiger partial charge in [0.05, 0.1) is 18.8 Å². The summed E-state index contributed by atoms with van der Waals surface area (Å²) >= 11 is 0. The first-order valence-electron chi connectivity index (χ1n) is 7.86. The number of hydrogen-bond donors (Lipinski definition) is 3. The van der Waals surface area contributed by atoms with E-state index >= 15 is 0 Å². The Morgan fingerprint density at radius 2 is 2.21 bits per heavy atom. The summed E-state index contributed by atoms with van der Waals surface area (Å²) in [6.45, 7) is 1.77. The molecule has 1 aromatic heterocycles. The van der Waals surface area contributed by atoms with Crippen molar-refractivity contribution in [2.24, 2.45) is 11.7 Å². The van der Waals surface area contributed by atoms with Crippen molar-refractivity contribution in [2.75, 3.05) is 13.2 Å². The van der Waals surface area contributed by atoms with Crippen LogP contribution in [0.2, 0.25) is 0 Å². The Morgan fingerprint density at radius 3 is 2.83 bits per heavy atom. The lowest BCUT2D eigenvalue weighted by molar-refractivity contribution is -0.120. The third-order valence-corrected chi connectivity index (χ3v) is 4.08. The highest BCUT2D eigenvalue weighted by atomic mass is 16.5. The van der Waals surface area contributed by atoms with Crippen LogP contribution in [0.4, 0.5) is 0 Å². The molecular formula is C17H20N2O5. The Hall–Kier alpha value is -2.54.